The van der Waals surface area contributed by atoms with Gasteiger partial charge in [-0.2, -0.15) is 0 Å². The predicted octanol–water partition coefficient (Wildman–Crippen LogP) is 3.12. The first-order valence-corrected chi connectivity index (χ1v) is 10.3. The monoisotopic (exact) mass is 358 g/mol. The molecule has 5 nitrogen and oxygen atoms in total. The maximum Gasteiger partial charge on any atom is 0.222 e. The molecule has 1 aromatic heterocycles. The molecular formula is C21H34N4O. The van der Waals surface area contributed by atoms with Crippen molar-refractivity contribution in [1.82, 2.24) is 14.8 Å². The van der Waals surface area contributed by atoms with Crippen LogP contribution in [0.5, 0.6) is 0 Å². The minimum Gasteiger partial charge on any atom is -0.354 e. The van der Waals surface area contributed by atoms with E-state index in [9.17, 15) is 4.79 Å². The summed E-state index contributed by atoms with van der Waals surface area (Å²) < 4.78 is 0. The third-order valence-electron chi connectivity index (χ3n) is 5.71. The van der Waals surface area contributed by atoms with Gasteiger partial charge in [0.05, 0.1) is 0 Å². The standard InChI is InChI=1S/C21H34N4O/c1-18(2)19-8-9-20(22-17-19)24-15-13-23(14-16-24)10-6-7-21(26)25-11-4-3-5-12-25/h8-9,17-18H,3-7,10-16H2,1-2H3. The third-order valence-corrected chi connectivity index (χ3v) is 5.71. The molecule has 0 aromatic carbocycles. The summed E-state index contributed by atoms with van der Waals surface area (Å²) in [5, 5.41) is 0. The van der Waals surface area contributed by atoms with Gasteiger partial charge in [0.15, 0.2) is 0 Å². The molecule has 2 aliphatic heterocycles. The summed E-state index contributed by atoms with van der Waals surface area (Å²) in [7, 11) is 0. The van der Waals surface area contributed by atoms with E-state index in [2.05, 4.69) is 45.7 Å². The normalized spacial score (nSPS) is 19.2. The minimum atomic E-state index is 0.359. The molecule has 26 heavy (non-hydrogen) atoms. The fourth-order valence-corrected chi connectivity index (χ4v) is 3.88. The van der Waals surface area contributed by atoms with Gasteiger partial charge in [-0.25, -0.2) is 4.98 Å². The van der Waals surface area contributed by atoms with E-state index in [-0.39, 0.29) is 0 Å². The molecule has 0 N–H and O–H groups in total. The number of rotatable bonds is 6. The van der Waals surface area contributed by atoms with Crippen LogP contribution in [0.4, 0.5) is 5.82 Å². The molecule has 0 aliphatic carbocycles. The van der Waals surface area contributed by atoms with Crippen molar-refractivity contribution in [3.63, 3.8) is 0 Å². The molecule has 0 radical (unpaired) electrons. The number of carbonyl (C=O) groups is 1. The summed E-state index contributed by atoms with van der Waals surface area (Å²) in [6.07, 6.45) is 7.34. The van der Waals surface area contributed by atoms with E-state index in [0.29, 0.717) is 18.2 Å². The zero-order valence-corrected chi connectivity index (χ0v) is 16.5. The lowest BCUT2D eigenvalue weighted by Crippen LogP contribution is -2.47. The van der Waals surface area contributed by atoms with Crippen molar-refractivity contribution in [3.05, 3.63) is 23.9 Å². The van der Waals surface area contributed by atoms with Crippen LogP contribution in [0, 0.1) is 0 Å². The largest absolute Gasteiger partial charge is 0.354 e. The fraction of sp³-hybridized carbons (Fsp3) is 0.714. The van der Waals surface area contributed by atoms with Gasteiger partial charge in [0.25, 0.3) is 0 Å². The summed E-state index contributed by atoms with van der Waals surface area (Å²) in [6.45, 7) is 11.5. The van der Waals surface area contributed by atoms with Gasteiger partial charge in [-0.05, 0) is 49.8 Å². The SMILES string of the molecule is CC(C)c1ccc(N2CCN(CCCC(=O)N3CCCCC3)CC2)nc1. The van der Waals surface area contributed by atoms with Gasteiger partial charge in [-0.3, -0.25) is 9.69 Å². The second-order valence-corrected chi connectivity index (χ2v) is 7.98. The number of carbonyl (C=O) groups excluding carboxylic acids is 1. The molecule has 0 saturated carbocycles. The van der Waals surface area contributed by atoms with Crippen molar-refractivity contribution in [2.45, 2.75) is 51.9 Å². The van der Waals surface area contributed by atoms with Crippen LogP contribution >= 0.6 is 0 Å². The van der Waals surface area contributed by atoms with E-state index < -0.39 is 0 Å². The van der Waals surface area contributed by atoms with Gasteiger partial charge in [0.2, 0.25) is 5.91 Å². The molecule has 5 heteroatoms. The fourth-order valence-electron chi connectivity index (χ4n) is 3.88. The molecule has 0 unspecified atom stereocenters. The number of anilines is 1. The highest BCUT2D eigenvalue weighted by Crippen LogP contribution is 2.18. The Balaban J connectivity index is 1.36. The molecule has 1 amide bonds. The van der Waals surface area contributed by atoms with Gasteiger partial charge in [0, 0.05) is 51.9 Å². The molecule has 0 atom stereocenters. The number of hydrogen-bond acceptors (Lipinski definition) is 4. The number of piperidine rings is 1. The van der Waals surface area contributed by atoms with Crippen molar-refractivity contribution >= 4 is 11.7 Å². The number of aromatic nitrogens is 1. The Bertz CT molecular complexity index is 558. The molecule has 2 saturated heterocycles. The number of nitrogens with zero attached hydrogens (tertiary/aromatic N) is 4. The second-order valence-electron chi connectivity index (χ2n) is 7.98. The maximum atomic E-state index is 12.2. The third kappa shape index (κ3) is 5.19. The van der Waals surface area contributed by atoms with Crippen molar-refractivity contribution in [2.75, 3.05) is 50.7 Å². The first kappa shape index (κ1) is 19.2. The van der Waals surface area contributed by atoms with Crippen LogP contribution in [-0.2, 0) is 4.79 Å². The van der Waals surface area contributed by atoms with Crippen LogP contribution < -0.4 is 4.90 Å². The average molecular weight is 359 g/mol. The van der Waals surface area contributed by atoms with Crippen LogP contribution in [0.25, 0.3) is 0 Å². The number of pyridine rings is 1. The Kier molecular flexibility index (Phi) is 6.89. The van der Waals surface area contributed by atoms with Gasteiger partial charge in [-0.15, -0.1) is 0 Å². The molecule has 2 fully saturated rings. The quantitative estimate of drug-likeness (QED) is 0.783. The first-order valence-electron chi connectivity index (χ1n) is 10.3. The summed E-state index contributed by atoms with van der Waals surface area (Å²) in [5.41, 5.74) is 1.30. The number of hydrogen-bond donors (Lipinski definition) is 0. The summed E-state index contributed by atoms with van der Waals surface area (Å²) in [4.78, 5) is 23.8. The molecule has 3 rings (SSSR count). The lowest BCUT2D eigenvalue weighted by molar-refractivity contribution is -0.132. The maximum absolute atomic E-state index is 12.2. The highest BCUT2D eigenvalue weighted by atomic mass is 16.2. The Morgan fingerprint density at radius 3 is 2.38 bits per heavy atom. The van der Waals surface area contributed by atoms with Gasteiger partial charge >= 0.3 is 0 Å². The van der Waals surface area contributed by atoms with E-state index in [1.54, 1.807) is 0 Å². The minimum absolute atomic E-state index is 0.359. The highest BCUT2D eigenvalue weighted by molar-refractivity contribution is 5.76. The molecule has 0 bridgehead atoms. The Hall–Kier alpha value is -1.62. The van der Waals surface area contributed by atoms with Crippen molar-refractivity contribution in [2.24, 2.45) is 0 Å². The summed E-state index contributed by atoms with van der Waals surface area (Å²) in [5.74, 6) is 1.98. The zero-order chi connectivity index (χ0) is 18.4. The van der Waals surface area contributed by atoms with E-state index in [0.717, 1.165) is 58.1 Å². The molecule has 1 aromatic rings. The van der Waals surface area contributed by atoms with E-state index in [4.69, 9.17) is 0 Å². The highest BCUT2D eigenvalue weighted by Gasteiger charge is 2.19. The Morgan fingerprint density at radius 2 is 1.77 bits per heavy atom. The van der Waals surface area contributed by atoms with Crippen LogP contribution in [0.2, 0.25) is 0 Å². The number of amides is 1. The average Bonchev–Trinajstić information content (AvgIpc) is 2.69. The van der Waals surface area contributed by atoms with Gasteiger partial charge in [-0.1, -0.05) is 19.9 Å². The number of piperazine rings is 1. The van der Waals surface area contributed by atoms with Crippen LogP contribution in [0.3, 0.4) is 0 Å². The van der Waals surface area contributed by atoms with Gasteiger partial charge in [0.1, 0.15) is 5.82 Å². The molecule has 3 heterocycles. The smallest absolute Gasteiger partial charge is 0.222 e. The lowest BCUT2D eigenvalue weighted by Gasteiger charge is -2.35. The van der Waals surface area contributed by atoms with E-state index in [1.165, 1.54) is 24.8 Å². The van der Waals surface area contributed by atoms with Crippen molar-refractivity contribution in [3.8, 4) is 0 Å². The van der Waals surface area contributed by atoms with Crippen LogP contribution in [0.1, 0.15) is 57.4 Å². The van der Waals surface area contributed by atoms with Crippen LogP contribution in [0.15, 0.2) is 18.3 Å². The molecular weight excluding hydrogens is 324 g/mol. The molecule has 0 spiro atoms. The van der Waals surface area contributed by atoms with Crippen molar-refractivity contribution in [1.29, 1.82) is 0 Å². The molecule has 144 valence electrons. The first-order chi connectivity index (χ1) is 12.6. The number of likely N-dealkylation sites (tertiary alicyclic amines) is 1. The zero-order valence-electron chi connectivity index (χ0n) is 16.5. The lowest BCUT2D eigenvalue weighted by atomic mass is 10.1. The van der Waals surface area contributed by atoms with E-state index in [1.807, 2.05) is 6.20 Å². The van der Waals surface area contributed by atoms with Crippen LogP contribution in [-0.4, -0.2) is 66.5 Å². The topological polar surface area (TPSA) is 39.7 Å². The second kappa shape index (κ2) is 9.36. The summed E-state index contributed by atoms with van der Waals surface area (Å²) in [6, 6.07) is 4.36. The Labute approximate surface area is 158 Å². The predicted molar refractivity (Wildman–Crippen MR) is 107 cm³/mol. The van der Waals surface area contributed by atoms with Gasteiger partial charge < -0.3 is 9.80 Å². The summed E-state index contributed by atoms with van der Waals surface area (Å²) >= 11 is 0. The van der Waals surface area contributed by atoms with Crippen molar-refractivity contribution < 1.29 is 4.79 Å². The molecule has 2 aliphatic rings. The van der Waals surface area contributed by atoms with E-state index >= 15 is 0 Å². The Morgan fingerprint density at radius 1 is 1.04 bits per heavy atom.